The van der Waals surface area contributed by atoms with E-state index >= 15 is 0 Å². The zero-order valence-corrected chi connectivity index (χ0v) is 11.6. The fourth-order valence-electron chi connectivity index (χ4n) is 3.20. The maximum absolute atomic E-state index is 13.7. The summed E-state index contributed by atoms with van der Waals surface area (Å²) in [5.74, 6) is 0.815. The summed E-state index contributed by atoms with van der Waals surface area (Å²) in [5, 5.41) is 3.37. The summed E-state index contributed by atoms with van der Waals surface area (Å²) in [5.41, 5.74) is 0.396. The summed E-state index contributed by atoms with van der Waals surface area (Å²) in [6.07, 6.45) is 1.03. The standard InChI is InChI=1S/C15H19FN2O2/c1-20-14-3-2-10(6-13(14)16)15(19)18-5-4-11-7-17-8-12(11)9-18/h2-3,6,11-12,17H,4-5,7-9H2,1H3. The van der Waals surface area contributed by atoms with E-state index in [-0.39, 0.29) is 11.7 Å². The number of carbonyl (C=O) groups is 1. The Hall–Kier alpha value is -1.62. The fourth-order valence-corrected chi connectivity index (χ4v) is 3.20. The van der Waals surface area contributed by atoms with E-state index < -0.39 is 5.82 Å². The van der Waals surface area contributed by atoms with Crippen LogP contribution in [0.3, 0.4) is 0 Å². The Kier molecular flexibility index (Phi) is 3.61. The molecular weight excluding hydrogens is 259 g/mol. The first kappa shape index (κ1) is 13.4. The van der Waals surface area contributed by atoms with Crippen LogP contribution in [0.4, 0.5) is 4.39 Å². The van der Waals surface area contributed by atoms with Crippen molar-refractivity contribution >= 4 is 5.91 Å². The van der Waals surface area contributed by atoms with Crippen molar-refractivity contribution in [1.82, 2.24) is 10.2 Å². The van der Waals surface area contributed by atoms with E-state index in [9.17, 15) is 9.18 Å². The molecule has 0 saturated carbocycles. The van der Waals surface area contributed by atoms with Crippen LogP contribution in [-0.4, -0.2) is 44.1 Å². The second kappa shape index (κ2) is 5.40. The number of ether oxygens (including phenoxy) is 1. The number of fused-ring (bicyclic) bond motifs is 1. The molecule has 2 fully saturated rings. The van der Waals surface area contributed by atoms with Gasteiger partial charge in [0.2, 0.25) is 0 Å². The smallest absolute Gasteiger partial charge is 0.253 e. The quantitative estimate of drug-likeness (QED) is 0.891. The molecule has 1 aromatic carbocycles. The minimum atomic E-state index is -0.490. The summed E-state index contributed by atoms with van der Waals surface area (Å²) in [4.78, 5) is 14.3. The normalized spacial score (nSPS) is 25.4. The van der Waals surface area contributed by atoms with E-state index in [4.69, 9.17) is 4.74 Å². The third kappa shape index (κ3) is 2.38. The van der Waals surface area contributed by atoms with Gasteiger partial charge in [0.05, 0.1) is 7.11 Å². The molecule has 1 aromatic rings. The molecule has 2 atom stereocenters. The van der Waals surface area contributed by atoms with Crippen LogP contribution in [0, 0.1) is 17.7 Å². The summed E-state index contributed by atoms with van der Waals surface area (Å²) >= 11 is 0. The van der Waals surface area contributed by atoms with Gasteiger partial charge in [0.25, 0.3) is 5.91 Å². The van der Waals surface area contributed by atoms with Crippen molar-refractivity contribution in [2.24, 2.45) is 11.8 Å². The first-order valence-electron chi connectivity index (χ1n) is 7.02. The maximum Gasteiger partial charge on any atom is 0.253 e. The molecule has 1 N–H and O–H groups in total. The third-order valence-electron chi connectivity index (χ3n) is 4.39. The van der Waals surface area contributed by atoms with E-state index in [0.717, 1.165) is 32.6 Å². The second-order valence-corrected chi connectivity index (χ2v) is 5.57. The first-order valence-corrected chi connectivity index (χ1v) is 7.02. The molecule has 4 nitrogen and oxygen atoms in total. The number of rotatable bonds is 2. The summed E-state index contributed by atoms with van der Waals surface area (Å²) in [7, 11) is 1.41. The molecular formula is C15H19FN2O2. The lowest BCUT2D eigenvalue weighted by atomic mass is 9.88. The molecule has 2 aliphatic heterocycles. The van der Waals surface area contributed by atoms with Crippen LogP contribution >= 0.6 is 0 Å². The Morgan fingerprint density at radius 1 is 1.40 bits per heavy atom. The molecule has 5 heteroatoms. The molecule has 3 rings (SSSR count). The molecule has 108 valence electrons. The molecule has 2 unspecified atom stereocenters. The van der Waals surface area contributed by atoms with E-state index in [0.29, 0.717) is 17.4 Å². The highest BCUT2D eigenvalue weighted by Crippen LogP contribution is 2.28. The van der Waals surface area contributed by atoms with Crippen molar-refractivity contribution in [1.29, 1.82) is 0 Å². The Bertz CT molecular complexity index is 521. The number of benzene rings is 1. The summed E-state index contributed by atoms with van der Waals surface area (Å²) in [6.45, 7) is 3.56. The van der Waals surface area contributed by atoms with Gasteiger partial charge in [0.15, 0.2) is 11.6 Å². The van der Waals surface area contributed by atoms with E-state index in [1.165, 1.54) is 19.2 Å². The summed E-state index contributed by atoms with van der Waals surface area (Å²) < 4.78 is 18.6. The zero-order valence-electron chi connectivity index (χ0n) is 11.6. The highest BCUT2D eigenvalue weighted by atomic mass is 19.1. The molecule has 0 radical (unpaired) electrons. The highest BCUT2D eigenvalue weighted by molar-refractivity contribution is 5.94. The topological polar surface area (TPSA) is 41.6 Å². The lowest BCUT2D eigenvalue weighted by Crippen LogP contribution is -2.43. The Balaban J connectivity index is 1.74. The van der Waals surface area contributed by atoms with Crippen molar-refractivity contribution in [2.45, 2.75) is 6.42 Å². The van der Waals surface area contributed by atoms with Crippen LogP contribution in [0.1, 0.15) is 16.8 Å². The van der Waals surface area contributed by atoms with E-state index in [1.54, 1.807) is 6.07 Å². The lowest BCUT2D eigenvalue weighted by Gasteiger charge is -2.34. The monoisotopic (exact) mass is 278 g/mol. The van der Waals surface area contributed by atoms with Crippen LogP contribution < -0.4 is 10.1 Å². The number of hydrogen-bond donors (Lipinski definition) is 1. The second-order valence-electron chi connectivity index (χ2n) is 5.57. The number of methoxy groups -OCH3 is 1. The summed E-state index contributed by atoms with van der Waals surface area (Å²) in [6, 6.07) is 4.40. The van der Waals surface area contributed by atoms with Crippen LogP contribution in [0.5, 0.6) is 5.75 Å². The number of likely N-dealkylation sites (tertiary alicyclic amines) is 1. The number of hydrogen-bond acceptors (Lipinski definition) is 3. The van der Waals surface area contributed by atoms with Crippen molar-refractivity contribution in [3.63, 3.8) is 0 Å². The van der Waals surface area contributed by atoms with Gasteiger partial charge < -0.3 is 15.0 Å². The average molecular weight is 278 g/mol. The van der Waals surface area contributed by atoms with Crippen LogP contribution in [0.2, 0.25) is 0 Å². The van der Waals surface area contributed by atoms with Crippen LogP contribution in [0.15, 0.2) is 18.2 Å². The molecule has 2 heterocycles. The van der Waals surface area contributed by atoms with Crippen molar-refractivity contribution in [3.8, 4) is 5.75 Å². The molecule has 0 aliphatic carbocycles. The largest absolute Gasteiger partial charge is 0.494 e. The molecule has 2 aliphatic rings. The molecule has 0 aromatic heterocycles. The molecule has 0 bridgehead atoms. The Morgan fingerprint density at radius 2 is 2.20 bits per heavy atom. The van der Waals surface area contributed by atoms with Crippen molar-refractivity contribution in [2.75, 3.05) is 33.3 Å². The van der Waals surface area contributed by atoms with Gasteiger partial charge in [-0.1, -0.05) is 0 Å². The number of carbonyl (C=O) groups excluding carboxylic acids is 1. The van der Waals surface area contributed by atoms with Gasteiger partial charge in [-0.25, -0.2) is 4.39 Å². The molecule has 20 heavy (non-hydrogen) atoms. The fraction of sp³-hybridized carbons (Fsp3) is 0.533. The maximum atomic E-state index is 13.7. The van der Waals surface area contributed by atoms with Gasteiger partial charge in [-0.05, 0) is 49.5 Å². The number of piperidine rings is 1. The molecule has 1 amide bonds. The lowest BCUT2D eigenvalue weighted by molar-refractivity contribution is 0.0642. The SMILES string of the molecule is COc1ccc(C(=O)N2CCC3CNCC3C2)cc1F. The van der Waals surface area contributed by atoms with Crippen molar-refractivity contribution in [3.05, 3.63) is 29.6 Å². The van der Waals surface area contributed by atoms with Gasteiger partial charge in [0.1, 0.15) is 0 Å². The van der Waals surface area contributed by atoms with Gasteiger partial charge in [-0.3, -0.25) is 4.79 Å². The minimum Gasteiger partial charge on any atom is -0.494 e. The van der Waals surface area contributed by atoms with Gasteiger partial charge >= 0.3 is 0 Å². The van der Waals surface area contributed by atoms with E-state index in [2.05, 4.69) is 5.32 Å². The highest BCUT2D eigenvalue weighted by Gasteiger charge is 2.34. The van der Waals surface area contributed by atoms with Gasteiger partial charge in [-0.15, -0.1) is 0 Å². The predicted octanol–water partition coefficient (Wildman–Crippen LogP) is 1.52. The minimum absolute atomic E-state index is 0.0862. The van der Waals surface area contributed by atoms with Gasteiger partial charge in [-0.2, -0.15) is 0 Å². The number of halogens is 1. The number of nitrogens with one attached hydrogen (secondary N) is 1. The molecule has 0 spiro atoms. The van der Waals surface area contributed by atoms with Crippen LogP contribution in [-0.2, 0) is 0 Å². The Morgan fingerprint density at radius 3 is 2.95 bits per heavy atom. The number of amides is 1. The Labute approximate surface area is 117 Å². The van der Waals surface area contributed by atoms with Gasteiger partial charge in [0, 0.05) is 18.7 Å². The first-order chi connectivity index (χ1) is 9.69. The average Bonchev–Trinajstić information content (AvgIpc) is 2.93. The third-order valence-corrected chi connectivity index (χ3v) is 4.39. The van der Waals surface area contributed by atoms with Crippen molar-refractivity contribution < 1.29 is 13.9 Å². The molecule has 2 saturated heterocycles. The van der Waals surface area contributed by atoms with Crippen LogP contribution in [0.25, 0.3) is 0 Å². The predicted molar refractivity (Wildman–Crippen MR) is 73.3 cm³/mol. The zero-order chi connectivity index (χ0) is 14.1. The number of nitrogens with zero attached hydrogens (tertiary/aromatic N) is 1. The van der Waals surface area contributed by atoms with E-state index in [1.807, 2.05) is 4.90 Å².